The molecule has 0 N–H and O–H groups in total. The van der Waals surface area contributed by atoms with E-state index in [-0.39, 0.29) is 12.2 Å². The number of ketones is 1. The van der Waals surface area contributed by atoms with E-state index >= 15 is 0 Å². The van der Waals surface area contributed by atoms with Crippen LogP contribution in [-0.4, -0.2) is 5.78 Å². The standard InChI is InChI=1S/C14H14N4O/c1-12(7-15,8-16)14(9-17,10-18)13(2)6-4-3-5-11(13)19/h3-6H2,1-2H3. The highest BCUT2D eigenvalue weighted by atomic mass is 16.1. The normalized spacial score (nSPS) is 23.6. The average Bonchev–Trinajstić information content (AvgIpc) is 2.43. The first-order chi connectivity index (χ1) is 8.87. The molecule has 0 amide bonds. The zero-order valence-electron chi connectivity index (χ0n) is 11.0. The van der Waals surface area contributed by atoms with Crippen LogP contribution in [0.1, 0.15) is 39.5 Å². The van der Waals surface area contributed by atoms with Crippen molar-refractivity contribution in [1.29, 1.82) is 21.0 Å². The Bertz CT molecular complexity index is 538. The van der Waals surface area contributed by atoms with E-state index in [1.54, 1.807) is 12.1 Å². The second kappa shape index (κ2) is 4.72. The summed E-state index contributed by atoms with van der Waals surface area (Å²) < 4.78 is 0. The Kier molecular flexibility index (Phi) is 3.65. The highest BCUT2D eigenvalue weighted by Gasteiger charge is 2.65. The van der Waals surface area contributed by atoms with Gasteiger partial charge in [-0.15, -0.1) is 0 Å². The molecule has 0 spiro atoms. The lowest BCUT2D eigenvalue weighted by molar-refractivity contribution is -0.136. The molecule has 0 aromatic carbocycles. The lowest BCUT2D eigenvalue weighted by Crippen LogP contribution is -2.53. The molecule has 1 fully saturated rings. The number of carbonyl (C=O) groups is 1. The van der Waals surface area contributed by atoms with E-state index in [0.29, 0.717) is 12.8 Å². The Morgan fingerprint density at radius 3 is 1.95 bits per heavy atom. The molecule has 5 nitrogen and oxygen atoms in total. The number of nitrogens with zero attached hydrogens (tertiary/aromatic N) is 4. The number of rotatable bonds is 2. The van der Waals surface area contributed by atoms with Gasteiger partial charge in [0.25, 0.3) is 0 Å². The molecule has 0 radical (unpaired) electrons. The van der Waals surface area contributed by atoms with E-state index in [2.05, 4.69) is 0 Å². The van der Waals surface area contributed by atoms with Crippen molar-refractivity contribution in [1.82, 2.24) is 0 Å². The Morgan fingerprint density at radius 1 is 1.05 bits per heavy atom. The first-order valence-electron chi connectivity index (χ1n) is 6.06. The van der Waals surface area contributed by atoms with Gasteiger partial charge in [-0.1, -0.05) is 6.42 Å². The molecule has 0 aromatic rings. The summed E-state index contributed by atoms with van der Waals surface area (Å²) in [4.78, 5) is 12.2. The first kappa shape index (κ1) is 14.7. The third-order valence-electron chi connectivity index (χ3n) is 4.31. The van der Waals surface area contributed by atoms with Gasteiger partial charge in [0.15, 0.2) is 10.8 Å². The van der Waals surface area contributed by atoms with Gasteiger partial charge in [-0.2, -0.15) is 21.0 Å². The van der Waals surface area contributed by atoms with Crippen molar-refractivity contribution >= 4 is 5.78 Å². The van der Waals surface area contributed by atoms with Gasteiger partial charge in [-0.3, -0.25) is 4.79 Å². The molecule has 1 rings (SSSR count). The SMILES string of the molecule is CC(C#N)(C#N)C(C#N)(C#N)C1(C)CCCCC1=O. The molecule has 1 saturated carbocycles. The third-order valence-corrected chi connectivity index (χ3v) is 4.31. The zero-order valence-corrected chi connectivity index (χ0v) is 11.0. The summed E-state index contributed by atoms with van der Waals surface area (Å²) in [6.45, 7) is 2.79. The van der Waals surface area contributed by atoms with E-state index in [0.717, 1.165) is 6.42 Å². The minimum atomic E-state index is -1.94. The molecule has 0 aliphatic heterocycles. The highest BCUT2D eigenvalue weighted by molar-refractivity contribution is 5.87. The number of Topliss-reactive ketones (excluding diaryl/α,β-unsaturated/α-hetero) is 1. The smallest absolute Gasteiger partial charge is 0.187 e. The Balaban J connectivity index is 3.59. The van der Waals surface area contributed by atoms with Crippen molar-refractivity contribution in [2.24, 2.45) is 16.2 Å². The predicted octanol–water partition coefficient (Wildman–Crippen LogP) is 2.22. The molecule has 0 saturated heterocycles. The lowest BCUT2D eigenvalue weighted by Gasteiger charge is -2.44. The van der Waals surface area contributed by atoms with Crippen LogP contribution >= 0.6 is 0 Å². The molecule has 1 unspecified atom stereocenters. The van der Waals surface area contributed by atoms with Gasteiger partial charge < -0.3 is 0 Å². The molecule has 1 aliphatic carbocycles. The summed E-state index contributed by atoms with van der Waals surface area (Å²) in [7, 11) is 0. The average molecular weight is 254 g/mol. The van der Waals surface area contributed by atoms with E-state index in [1.165, 1.54) is 13.8 Å². The maximum Gasteiger partial charge on any atom is 0.187 e. The summed E-state index contributed by atoms with van der Waals surface area (Å²) in [6.07, 6.45) is 2.07. The summed E-state index contributed by atoms with van der Waals surface area (Å²) >= 11 is 0. The van der Waals surface area contributed by atoms with Gasteiger partial charge in [0.2, 0.25) is 0 Å². The topological polar surface area (TPSA) is 112 Å². The minimum absolute atomic E-state index is 0.210. The maximum atomic E-state index is 12.2. The second-order valence-corrected chi connectivity index (χ2v) is 5.28. The van der Waals surface area contributed by atoms with Gasteiger partial charge in [0.05, 0.1) is 29.7 Å². The van der Waals surface area contributed by atoms with Crippen LogP contribution in [0, 0.1) is 61.6 Å². The van der Waals surface area contributed by atoms with Gasteiger partial charge in [-0.05, 0) is 26.7 Å². The van der Waals surface area contributed by atoms with Crippen molar-refractivity contribution in [3.8, 4) is 24.3 Å². The fourth-order valence-electron chi connectivity index (χ4n) is 2.82. The van der Waals surface area contributed by atoms with Crippen LogP contribution in [-0.2, 0) is 4.79 Å². The van der Waals surface area contributed by atoms with Crippen molar-refractivity contribution in [2.75, 3.05) is 0 Å². The molecule has 5 heteroatoms. The van der Waals surface area contributed by atoms with Crippen molar-refractivity contribution in [3.05, 3.63) is 0 Å². The summed E-state index contributed by atoms with van der Waals surface area (Å²) in [6, 6.07) is 7.15. The van der Waals surface area contributed by atoms with E-state index < -0.39 is 16.2 Å². The minimum Gasteiger partial charge on any atom is -0.299 e. The maximum absolute atomic E-state index is 12.2. The predicted molar refractivity (Wildman–Crippen MR) is 64.6 cm³/mol. The van der Waals surface area contributed by atoms with Crippen LogP contribution in [0.15, 0.2) is 0 Å². The van der Waals surface area contributed by atoms with Crippen LogP contribution in [0.5, 0.6) is 0 Å². The van der Waals surface area contributed by atoms with Crippen LogP contribution in [0.2, 0.25) is 0 Å². The molecule has 1 aliphatic rings. The Morgan fingerprint density at radius 2 is 1.58 bits per heavy atom. The fourth-order valence-corrected chi connectivity index (χ4v) is 2.82. The molecule has 0 bridgehead atoms. The van der Waals surface area contributed by atoms with Crippen LogP contribution < -0.4 is 0 Å². The number of carbonyl (C=O) groups excluding carboxylic acids is 1. The number of nitriles is 4. The van der Waals surface area contributed by atoms with Gasteiger partial charge in [-0.25, -0.2) is 0 Å². The Labute approximate surface area is 112 Å². The third kappa shape index (κ3) is 1.68. The molecular formula is C14H14N4O. The van der Waals surface area contributed by atoms with Crippen molar-refractivity contribution in [3.63, 3.8) is 0 Å². The molecular weight excluding hydrogens is 240 g/mol. The highest BCUT2D eigenvalue weighted by Crippen LogP contribution is 2.55. The number of hydrogen-bond donors (Lipinski definition) is 0. The summed E-state index contributed by atoms with van der Waals surface area (Å²) in [5, 5.41) is 37.4. The van der Waals surface area contributed by atoms with Crippen LogP contribution in [0.25, 0.3) is 0 Å². The van der Waals surface area contributed by atoms with Crippen LogP contribution in [0.4, 0.5) is 0 Å². The number of hydrogen-bond acceptors (Lipinski definition) is 5. The zero-order chi connectivity index (χ0) is 14.7. The molecule has 1 atom stereocenters. The first-order valence-corrected chi connectivity index (χ1v) is 6.06. The molecule has 96 valence electrons. The summed E-state index contributed by atoms with van der Waals surface area (Å²) in [5.41, 5.74) is -5.05. The quantitative estimate of drug-likeness (QED) is 0.749. The molecule has 0 aromatic heterocycles. The van der Waals surface area contributed by atoms with Crippen LogP contribution in [0.3, 0.4) is 0 Å². The fraction of sp³-hybridized carbons (Fsp3) is 0.643. The monoisotopic (exact) mass is 254 g/mol. The molecule has 0 heterocycles. The second-order valence-electron chi connectivity index (χ2n) is 5.28. The van der Waals surface area contributed by atoms with Gasteiger partial charge in [0, 0.05) is 6.42 Å². The van der Waals surface area contributed by atoms with Crippen molar-refractivity contribution in [2.45, 2.75) is 39.5 Å². The summed E-state index contributed by atoms with van der Waals surface area (Å²) in [5.74, 6) is -0.210. The van der Waals surface area contributed by atoms with Crippen molar-refractivity contribution < 1.29 is 4.79 Å². The van der Waals surface area contributed by atoms with Gasteiger partial charge >= 0.3 is 0 Å². The Hall–Kier alpha value is -2.37. The van der Waals surface area contributed by atoms with Gasteiger partial charge in [0.1, 0.15) is 5.78 Å². The van der Waals surface area contributed by atoms with E-state index in [9.17, 15) is 25.8 Å². The van der Waals surface area contributed by atoms with E-state index in [4.69, 9.17) is 0 Å². The largest absolute Gasteiger partial charge is 0.299 e. The lowest BCUT2D eigenvalue weighted by atomic mass is 9.49. The molecule has 19 heavy (non-hydrogen) atoms. The van der Waals surface area contributed by atoms with E-state index in [1.807, 2.05) is 12.1 Å².